The molecule has 124 valence electrons. The molecule has 0 saturated carbocycles. The van der Waals surface area contributed by atoms with Crippen LogP contribution in [0.5, 0.6) is 0 Å². The van der Waals surface area contributed by atoms with Crippen molar-refractivity contribution in [3.05, 3.63) is 76.2 Å². The summed E-state index contributed by atoms with van der Waals surface area (Å²) in [4.78, 5) is 8.97. The third kappa shape index (κ3) is 3.49. The molecule has 0 spiro atoms. The van der Waals surface area contributed by atoms with Gasteiger partial charge in [-0.3, -0.25) is 0 Å². The minimum Gasteiger partial charge on any atom is -0.339 e. The van der Waals surface area contributed by atoms with Gasteiger partial charge < -0.3 is 4.52 Å². The molecule has 0 fully saturated rings. The van der Waals surface area contributed by atoms with Crippen molar-refractivity contribution in [2.24, 2.45) is 0 Å². The zero-order chi connectivity index (χ0) is 17.2. The van der Waals surface area contributed by atoms with E-state index in [0.29, 0.717) is 23.7 Å². The zero-order valence-electron chi connectivity index (χ0n) is 13.4. The van der Waals surface area contributed by atoms with Gasteiger partial charge in [0.05, 0.1) is 12.1 Å². The predicted octanol–water partition coefficient (Wildman–Crippen LogP) is 4.90. The number of hydrogen-bond donors (Lipinski definition) is 0. The fraction of sp³-hybridized carbons (Fsp3) is 0.105. The quantitative estimate of drug-likeness (QED) is 0.525. The minimum absolute atomic E-state index is 0.327. The molecule has 4 nitrogen and oxygen atoms in total. The Hall–Kier alpha value is -2.86. The monoisotopic (exact) mass is 351 g/mol. The third-order valence-corrected chi connectivity index (χ3v) is 4.60. The van der Waals surface area contributed by atoms with Gasteiger partial charge in [0.2, 0.25) is 11.7 Å². The van der Waals surface area contributed by atoms with Gasteiger partial charge in [0.15, 0.2) is 0 Å². The summed E-state index contributed by atoms with van der Waals surface area (Å²) in [6, 6.07) is 14.4. The van der Waals surface area contributed by atoms with Crippen molar-refractivity contribution in [2.75, 3.05) is 0 Å². The van der Waals surface area contributed by atoms with E-state index in [-0.39, 0.29) is 5.82 Å². The highest BCUT2D eigenvalue weighted by atomic mass is 32.1. The van der Waals surface area contributed by atoms with Crippen LogP contribution in [0.2, 0.25) is 0 Å². The highest BCUT2D eigenvalue weighted by Gasteiger charge is 2.12. The maximum Gasteiger partial charge on any atom is 0.233 e. The molecule has 2 heterocycles. The van der Waals surface area contributed by atoms with Gasteiger partial charge in [-0.2, -0.15) is 4.98 Å². The van der Waals surface area contributed by atoms with Crippen molar-refractivity contribution in [2.45, 2.75) is 13.3 Å². The maximum atomic E-state index is 13.3. The number of thiazole rings is 1. The Bertz CT molecular complexity index is 1010. The number of aromatic nitrogens is 3. The summed E-state index contributed by atoms with van der Waals surface area (Å²) in [5.41, 5.74) is 3.83. The first-order valence-electron chi connectivity index (χ1n) is 7.77. The average molecular weight is 351 g/mol. The Labute approximate surface area is 148 Å². The van der Waals surface area contributed by atoms with E-state index in [1.807, 2.05) is 5.38 Å². The van der Waals surface area contributed by atoms with E-state index in [9.17, 15) is 4.39 Å². The number of nitrogens with zero attached hydrogens (tertiary/aromatic N) is 3. The summed E-state index contributed by atoms with van der Waals surface area (Å²) < 4.78 is 18.6. The molecule has 0 bridgehead atoms. The standard InChI is InChI=1S/C19H14FN3OS/c1-12-5-7-13(8-6-12)16-11-25-18(21-16)10-17-22-19(23-24-17)14-3-2-4-15(20)9-14/h2-9,11H,10H2,1H3. The molecule has 0 amide bonds. The van der Waals surface area contributed by atoms with Crippen LogP contribution in [0.4, 0.5) is 4.39 Å². The lowest BCUT2D eigenvalue weighted by Crippen LogP contribution is -1.88. The Morgan fingerprint density at radius 2 is 1.88 bits per heavy atom. The van der Waals surface area contributed by atoms with Gasteiger partial charge in [-0.25, -0.2) is 9.37 Å². The lowest BCUT2D eigenvalue weighted by molar-refractivity contribution is 0.385. The smallest absolute Gasteiger partial charge is 0.233 e. The largest absolute Gasteiger partial charge is 0.339 e. The molecule has 0 atom stereocenters. The van der Waals surface area contributed by atoms with E-state index in [4.69, 9.17) is 4.52 Å². The molecule has 6 heteroatoms. The molecule has 0 N–H and O–H groups in total. The SMILES string of the molecule is Cc1ccc(-c2csc(Cc3nc(-c4cccc(F)c4)no3)n2)cc1. The van der Waals surface area contributed by atoms with Crippen LogP contribution in [0.25, 0.3) is 22.6 Å². The van der Waals surface area contributed by atoms with Crippen molar-refractivity contribution in [1.82, 2.24) is 15.1 Å². The van der Waals surface area contributed by atoms with E-state index in [1.54, 1.807) is 23.5 Å². The summed E-state index contributed by atoms with van der Waals surface area (Å²) in [6.45, 7) is 2.06. The number of halogens is 1. The second-order valence-electron chi connectivity index (χ2n) is 5.69. The Morgan fingerprint density at radius 3 is 2.68 bits per heavy atom. The Kier molecular flexibility index (Phi) is 4.11. The molecule has 0 unspecified atom stereocenters. The summed E-state index contributed by atoms with van der Waals surface area (Å²) in [6.07, 6.45) is 0.457. The van der Waals surface area contributed by atoms with E-state index < -0.39 is 0 Å². The van der Waals surface area contributed by atoms with E-state index in [0.717, 1.165) is 16.3 Å². The van der Waals surface area contributed by atoms with Crippen molar-refractivity contribution in [3.8, 4) is 22.6 Å². The van der Waals surface area contributed by atoms with Gasteiger partial charge in [0.25, 0.3) is 0 Å². The predicted molar refractivity (Wildman–Crippen MR) is 94.8 cm³/mol. The average Bonchev–Trinajstić information content (AvgIpc) is 3.26. The van der Waals surface area contributed by atoms with Crippen LogP contribution in [0.15, 0.2) is 58.4 Å². The summed E-state index contributed by atoms with van der Waals surface area (Å²) >= 11 is 1.55. The van der Waals surface area contributed by atoms with Gasteiger partial charge >= 0.3 is 0 Å². The molecule has 0 saturated heterocycles. The molecule has 4 aromatic rings. The van der Waals surface area contributed by atoms with Crippen molar-refractivity contribution >= 4 is 11.3 Å². The Morgan fingerprint density at radius 1 is 1.04 bits per heavy atom. The first-order valence-corrected chi connectivity index (χ1v) is 8.65. The van der Waals surface area contributed by atoms with Crippen molar-refractivity contribution in [3.63, 3.8) is 0 Å². The Balaban J connectivity index is 1.52. The van der Waals surface area contributed by atoms with Crippen LogP contribution < -0.4 is 0 Å². The van der Waals surface area contributed by atoms with Crippen molar-refractivity contribution < 1.29 is 8.91 Å². The zero-order valence-corrected chi connectivity index (χ0v) is 14.3. The third-order valence-electron chi connectivity index (χ3n) is 3.75. The van der Waals surface area contributed by atoms with Crippen LogP contribution in [0.1, 0.15) is 16.5 Å². The molecule has 0 aliphatic heterocycles. The number of rotatable bonds is 4. The lowest BCUT2D eigenvalue weighted by atomic mass is 10.1. The second kappa shape index (κ2) is 6.57. The number of benzene rings is 2. The van der Waals surface area contributed by atoms with Gasteiger partial charge in [0, 0.05) is 16.5 Å². The molecule has 0 aliphatic rings. The van der Waals surface area contributed by atoms with E-state index >= 15 is 0 Å². The van der Waals surface area contributed by atoms with Gasteiger partial charge in [-0.15, -0.1) is 11.3 Å². The molecule has 2 aromatic heterocycles. The maximum absolute atomic E-state index is 13.3. The van der Waals surface area contributed by atoms with Gasteiger partial charge in [0.1, 0.15) is 10.8 Å². The molecule has 4 rings (SSSR count). The molecule has 2 aromatic carbocycles. The first-order chi connectivity index (χ1) is 12.2. The minimum atomic E-state index is -0.327. The molecule has 0 radical (unpaired) electrons. The van der Waals surface area contributed by atoms with Crippen LogP contribution >= 0.6 is 11.3 Å². The van der Waals surface area contributed by atoms with E-state index in [2.05, 4.69) is 46.3 Å². The normalized spacial score (nSPS) is 11.0. The van der Waals surface area contributed by atoms with Crippen LogP contribution in [0.3, 0.4) is 0 Å². The lowest BCUT2D eigenvalue weighted by Gasteiger charge is -1.96. The molecular formula is C19H14FN3OS. The summed E-state index contributed by atoms with van der Waals surface area (Å²) in [5, 5.41) is 6.83. The van der Waals surface area contributed by atoms with Gasteiger partial charge in [-0.1, -0.05) is 47.1 Å². The fourth-order valence-electron chi connectivity index (χ4n) is 2.45. The van der Waals surface area contributed by atoms with Crippen molar-refractivity contribution in [1.29, 1.82) is 0 Å². The molecular weight excluding hydrogens is 337 g/mol. The highest BCUT2D eigenvalue weighted by molar-refractivity contribution is 7.10. The highest BCUT2D eigenvalue weighted by Crippen LogP contribution is 2.24. The fourth-order valence-corrected chi connectivity index (χ4v) is 3.24. The van der Waals surface area contributed by atoms with E-state index in [1.165, 1.54) is 17.7 Å². The summed E-state index contributed by atoms with van der Waals surface area (Å²) in [7, 11) is 0. The summed E-state index contributed by atoms with van der Waals surface area (Å²) in [5.74, 6) is 0.514. The topological polar surface area (TPSA) is 51.8 Å². The van der Waals surface area contributed by atoms with Crippen LogP contribution in [-0.4, -0.2) is 15.1 Å². The number of aryl methyl sites for hydroxylation is 1. The molecule has 25 heavy (non-hydrogen) atoms. The second-order valence-corrected chi connectivity index (χ2v) is 6.63. The van der Waals surface area contributed by atoms with Gasteiger partial charge in [-0.05, 0) is 19.1 Å². The first kappa shape index (κ1) is 15.7. The molecule has 0 aliphatic carbocycles. The van der Waals surface area contributed by atoms with Crippen LogP contribution in [-0.2, 0) is 6.42 Å². The van der Waals surface area contributed by atoms with Crippen LogP contribution in [0, 0.1) is 12.7 Å². The number of hydrogen-bond acceptors (Lipinski definition) is 5.